The Bertz CT molecular complexity index is 1110. The standard InChI is InChI=1S/C20H20BrN5.2C2H6/c1-12(2)17-10-23-20-19(25-18(21)11-26(17)20)24-13(3)8-14-9-22-16-7-5-4-6-15(14)16;2*1-2/h4-7,9-11,13,22H,1,8H2,2-3H3,(H,24,25);2*1-2H3. The number of anilines is 1. The first kappa shape index (κ1) is 23.7. The number of nitrogens with zero attached hydrogens (tertiary/aromatic N) is 3. The summed E-state index contributed by atoms with van der Waals surface area (Å²) < 4.78 is 2.77. The molecule has 0 radical (unpaired) electrons. The maximum absolute atomic E-state index is 4.59. The van der Waals surface area contributed by atoms with E-state index in [1.165, 1.54) is 10.9 Å². The van der Waals surface area contributed by atoms with Crippen molar-refractivity contribution < 1.29 is 0 Å². The summed E-state index contributed by atoms with van der Waals surface area (Å²) in [5.41, 5.74) is 5.20. The normalized spacial score (nSPS) is 11.3. The van der Waals surface area contributed by atoms with Gasteiger partial charge in [-0.25, -0.2) is 9.97 Å². The highest BCUT2D eigenvalue weighted by Gasteiger charge is 2.14. The van der Waals surface area contributed by atoms with Crippen molar-refractivity contribution in [3.8, 4) is 0 Å². The maximum atomic E-state index is 4.59. The van der Waals surface area contributed by atoms with Crippen LogP contribution in [0.3, 0.4) is 0 Å². The molecule has 0 amide bonds. The molecule has 6 heteroatoms. The molecule has 1 atom stereocenters. The Balaban J connectivity index is 0.000000757. The number of hydrogen-bond donors (Lipinski definition) is 2. The second kappa shape index (κ2) is 11.0. The van der Waals surface area contributed by atoms with Crippen LogP contribution < -0.4 is 5.32 Å². The smallest absolute Gasteiger partial charge is 0.180 e. The number of aromatic nitrogens is 4. The van der Waals surface area contributed by atoms with Crippen molar-refractivity contribution in [2.45, 2.75) is 54.0 Å². The molecule has 0 aliphatic carbocycles. The lowest BCUT2D eigenvalue weighted by Gasteiger charge is -2.15. The fourth-order valence-corrected chi connectivity index (χ4v) is 3.67. The number of aromatic amines is 1. The van der Waals surface area contributed by atoms with Crippen molar-refractivity contribution in [2.24, 2.45) is 0 Å². The van der Waals surface area contributed by atoms with E-state index in [0.29, 0.717) is 0 Å². The van der Waals surface area contributed by atoms with E-state index in [1.54, 1.807) is 0 Å². The van der Waals surface area contributed by atoms with Gasteiger partial charge in [0.15, 0.2) is 11.5 Å². The minimum atomic E-state index is 0.199. The van der Waals surface area contributed by atoms with Gasteiger partial charge in [-0.05, 0) is 53.4 Å². The van der Waals surface area contributed by atoms with Crippen molar-refractivity contribution in [3.05, 3.63) is 65.3 Å². The summed E-state index contributed by atoms with van der Waals surface area (Å²) in [4.78, 5) is 12.5. The van der Waals surface area contributed by atoms with Crippen molar-refractivity contribution in [3.63, 3.8) is 0 Å². The first-order chi connectivity index (χ1) is 14.5. The molecule has 0 aliphatic rings. The number of benzene rings is 1. The number of allylic oxidation sites excluding steroid dienone is 1. The monoisotopic (exact) mass is 469 g/mol. The minimum Gasteiger partial charge on any atom is -0.364 e. The Morgan fingerprint density at radius 1 is 1.23 bits per heavy atom. The summed E-state index contributed by atoms with van der Waals surface area (Å²) >= 11 is 3.50. The van der Waals surface area contributed by atoms with Crippen LogP contribution in [0, 0.1) is 0 Å². The summed E-state index contributed by atoms with van der Waals surface area (Å²) in [6.07, 6.45) is 6.73. The summed E-state index contributed by atoms with van der Waals surface area (Å²) in [6.45, 7) is 16.2. The predicted molar refractivity (Wildman–Crippen MR) is 133 cm³/mol. The van der Waals surface area contributed by atoms with E-state index >= 15 is 0 Å². The maximum Gasteiger partial charge on any atom is 0.180 e. The quantitative estimate of drug-likeness (QED) is 0.327. The van der Waals surface area contributed by atoms with E-state index < -0.39 is 0 Å². The molecule has 2 N–H and O–H groups in total. The van der Waals surface area contributed by atoms with Gasteiger partial charge in [0.05, 0.1) is 11.9 Å². The van der Waals surface area contributed by atoms with Crippen molar-refractivity contribution in [1.29, 1.82) is 0 Å². The Hall–Kier alpha value is -2.60. The van der Waals surface area contributed by atoms with Gasteiger partial charge in [0.1, 0.15) is 4.60 Å². The Kier molecular flexibility index (Phi) is 8.66. The SMILES string of the molecule is C=C(C)c1cnc2c(NC(C)Cc3c[nH]c4ccccc34)nc(Br)cn12.CC.CC. The zero-order chi connectivity index (χ0) is 22.3. The van der Waals surface area contributed by atoms with Crippen LogP contribution in [-0.4, -0.2) is 25.4 Å². The van der Waals surface area contributed by atoms with E-state index in [4.69, 9.17) is 0 Å². The molecule has 0 aliphatic heterocycles. The number of fused-ring (bicyclic) bond motifs is 2. The van der Waals surface area contributed by atoms with Crippen LogP contribution in [-0.2, 0) is 6.42 Å². The summed E-state index contributed by atoms with van der Waals surface area (Å²) in [7, 11) is 0. The topological polar surface area (TPSA) is 58.0 Å². The Labute approximate surface area is 187 Å². The highest BCUT2D eigenvalue weighted by atomic mass is 79.9. The van der Waals surface area contributed by atoms with Crippen molar-refractivity contribution in [2.75, 3.05) is 5.32 Å². The molecule has 4 aromatic rings. The van der Waals surface area contributed by atoms with E-state index in [0.717, 1.165) is 39.3 Å². The molecule has 1 aromatic carbocycles. The van der Waals surface area contributed by atoms with E-state index in [1.807, 2.05) is 57.5 Å². The highest BCUT2D eigenvalue weighted by molar-refractivity contribution is 9.10. The lowest BCUT2D eigenvalue weighted by molar-refractivity contribution is 0.787. The molecule has 1 unspecified atom stereocenters. The number of para-hydroxylation sites is 1. The second-order valence-corrected chi connectivity index (χ2v) is 7.45. The molecule has 160 valence electrons. The van der Waals surface area contributed by atoms with Crippen LogP contribution in [0.5, 0.6) is 0 Å². The Morgan fingerprint density at radius 3 is 2.63 bits per heavy atom. The number of H-pyrrole nitrogens is 1. The molecule has 30 heavy (non-hydrogen) atoms. The van der Waals surface area contributed by atoms with E-state index in [2.05, 4.69) is 74.1 Å². The van der Waals surface area contributed by atoms with Crippen LogP contribution in [0.4, 0.5) is 5.82 Å². The number of imidazole rings is 1. The number of halogens is 1. The van der Waals surface area contributed by atoms with Crippen LogP contribution >= 0.6 is 15.9 Å². The summed E-state index contributed by atoms with van der Waals surface area (Å²) in [5.74, 6) is 0.763. The van der Waals surface area contributed by atoms with Gasteiger partial charge in [-0.2, -0.15) is 0 Å². The van der Waals surface area contributed by atoms with Crippen LogP contribution in [0.25, 0.3) is 22.1 Å². The number of rotatable bonds is 5. The first-order valence-electron chi connectivity index (χ1n) is 10.5. The fourth-order valence-electron chi connectivity index (χ4n) is 3.29. The Morgan fingerprint density at radius 2 is 1.93 bits per heavy atom. The van der Waals surface area contributed by atoms with Gasteiger partial charge < -0.3 is 10.3 Å². The number of hydrogen-bond acceptors (Lipinski definition) is 3. The number of nitrogens with one attached hydrogen (secondary N) is 2. The lowest BCUT2D eigenvalue weighted by atomic mass is 10.1. The fraction of sp³-hybridized carbons (Fsp3) is 0.333. The third kappa shape index (κ3) is 5.11. The molecule has 3 aromatic heterocycles. The molecule has 0 saturated carbocycles. The second-order valence-electron chi connectivity index (χ2n) is 6.64. The van der Waals surface area contributed by atoms with Gasteiger partial charge in [0, 0.05) is 29.3 Å². The molecular weight excluding hydrogens is 438 g/mol. The van der Waals surface area contributed by atoms with Gasteiger partial charge in [0.25, 0.3) is 0 Å². The highest BCUT2D eigenvalue weighted by Crippen LogP contribution is 2.24. The zero-order valence-corrected chi connectivity index (χ0v) is 20.3. The van der Waals surface area contributed by atoms with Crippen LogP contribution in [0.2, 0.25) is 0 Å². The van der Waals surface area contributed by atoms with E-state index in [-0.39, 0.29) is 6.04 Å². The average molecular weight is 470 g/mol. The summed E-state index contributed by atoms with van der Waals surface area (Å²) in [5, 5.41) is 4.78. The molecule has 0 fully saturated rings. The van der Waals surface area contributed by atoms with E-state index in [9.17, 15) is 0 Å². The van der Waals surface area contributed by atoms with Gasteiger partial charge in [-0.1, -0.05) is 52.5 Å². The molecule has 5 nitrogen and oxygen atoms in total. The zero-order valence-electron chi connectivity index (χ0n) is 18.8. The minimum absolute atomic E-state index is 0.199. The van der Waals surface area contributed by atoms with Crippen molar-refractivity contribution in [1.82, 2.24) is 19.4 Å². The van der Waals surface area contributed by atoms with Gasteiger partial charge in [-0.15, -0.1) is 0 Å². The average Bonchev–Trinajstić information content (AvgIpc) is 3.35. The third-order valence-electron chi connectivity index (χ3n) is 4.48. The van der Waals surface area contributed by atoms with Gasteiger partial charge >= 0.3 is 0 Å². The molecule has 0 saturated heterocycles. The molecule has 3 heterocycles. The van der Waals surface area contributed by atoms with Crippen LogP contribution in [0.15, 0.2) is 54.0 Å². The predicted octanol–water partition coefficient (Wildman–Crippen LogP) is 7.10. The molecule has 4 rings (SSSR count). The lowest BCUT2D eigenvalue weighted by Crippen LogP contribution is -2.19. The van der Waals surface area contributed by atoms with Gasteiger partial charge in [0.2, 0.25) is 0 Å². The summed E-state index contributed by atoms with van der Waals surface area (Å²) in [6, 6.07) is 8.56. The third-order valence-corrected chi connectivity index (χ3v) is 4.87. The van der Waals surface area contributed by atoms with Crippen LogP contribution in [0.1, 0.15) is 52.8 Å². The van der Waals surface area contributed by atoms with Crippen molar-refractivity contribution >= 4 is 43.9 Å². The largest absolute Gasteiger partial charge is 0.364 e. The molecular formula is C24H32BrN5. The first-order valence-corrected chi connectivity index (χ1v) is 11.3. The molecule has 0 spiro atoms. The van der Waals surface area contributed by atoms with Gasteiger partial charge in [-0.3, -0.25) is 4.40 Å². The molecule has 0 bridgehead atoms.